The molecule has 6 aromatic rings. The molecule has 4 atom stereocenters. The molecule has 0 aliphatic heterocycles. The molecule has 0 aliphatic rings. The summed E-state index contributed by atoms with van der Waals surface area (Å²) in [7, 11) is 0.0445. The van der Waals surface area contributed by atoms with Gasteiger partial charge in [0.1, 0.15) is 23.1 Å². The van der Waals surface area contributed by atoms with Crippen LogP contribution < -0.4 is 14.8 Å². The highest BCUT2D eigenvalue weighted by atomic mass is 31.1. The molecule has 5 aromatic carbocycles. The Morgan fingerprint density at radius 2 is 1.20 bits per heavy atom. The maximum Gasteiger partial charge on any atom is 0.319 e. The van der Waals surface area contributed by atoms with Gasteiger partial charge in [-0.1, -0.05) is 91.0 Å². The van der Waals surface area contributed by atoms with Gasteiger partial charge in [-0.2, -0.15) is 5.26 Å². The van der Waals surface area contributed by atoms with Crippen molar-refractivity contribution in [3.63, 3.8) is 0 Å². The Morgan fingerprint density at radius 1 is 0.717 bits per heavy atom. The average molecular weight is 829 g/mol. The van der Waals surface area contributed by atoms with Crippen molar-refractivity contribution >= 4 is 36.0 Å². The van der Waals surface area contributed by atoms with Gasteiger partial charge in [0.2, 0.25) is 0 Å². The molecule has 4 unspecified atom stereocenters. The van der Waals surface area contributed by atoms with E-state index in [0.717, 1.165) is 16.7 Å². The number of aromatic nitrogens is 1. The van der Waals surface area contributed by atoms with Crippen molar-refractivity contribution in [2.24, 2.45) is 0 Å². The fourth-order valence-corrected chi connectivity index (χ4v) is 8.66. The molecule has 1 heterocycles. The molecule has 0 saturated heterocycles. The van der Waals surface area contributed by atoms with Crippen LogP contribution >= 0.6 is 8.25 Å². The number of hydrogen-bond acceptors (Lipinski definition) is 10. The van der Waals surface area contributed by atoms with Crippen LogP contribution in [0.3, 0.4) is 0 Å². The summed E-state index contributed by atoms with van der Waals surface area (Å²) in [6.07, 6.45) is -0.897. The Labute approximate surface area is 353 Å². The quantitative estimate of drug-likeness (QED) is 0.0479. The first kappa shape index (κ1) is 44.0. The monoisotopic (exact) mass is 828 g/mol. The number of methoxy groups -OCH3 is 2. The summed E-state index contributed by atoms with van der Waals surface area (Å²) >= 11 is 0. The Kier molecular flexibility index (Phi) is 14.7. The highest BCUT2D eigenvalue weighted by Gasteiger charge is 2.40. The second-order valence-corrected chi connectivity index (χ2v) is 16.1. The van der Waals surface area contributed by atoms with E-state index in [2.05, 4.69) is 11.4 Å². The standard InChI is InChI=1S/C48H53N4O7P/c1-32(2)52(33(3)4)38(29-49)30-58-60(54)59-34(5)45(51-47(53)46-41-17-11-13-19-43(41)50-44-20-14-12-18-42(44)46)31-57-48(35-15-9-8-10-16-35,36-21-25-39(55-6)26-22-36)37-23-27-40(56-7)28-24-37/h8-28,32-34,38,45,60H,30-31H2,1-7H3,(H,51,53). The number of pyridine rings is 1. The SMILES string of the molecule is COc1ccc(C(OCC(NC(=O)c2c3ccccc3nc3ccccc23)C(C)O[PH](=O)OCC(C#N)N(C(C)C)C(C)C)(c2ccccc2)c2ccc(OC)cc2)cc1. The first-order valence-corrected chi connectivity index (χ1v) is 21.3. The maximum absolute atomic E-state index is 14.8. The van der Waals surface area contributed by atoms with E-state index in [1.54, 1.807) is 21.1 Å². The summed E-state index contributed by atoms with van der Waals surface area (Å²) in [6.45, 7) is 9.51. The van der Waals surface area contributed by atoms with Crippen molar-refractivity contribution in [1.82, 2.24) is 15.2 Å². The van der Waals surface area contributed by atoms with Gasteiger partial charge in [-0.15, -0.1) is 0 Å². The molecule has 1 aromatic heterocycles. The molecule has 6 rings (SSSR count). The zero-order valence-electron chi connectivity index (χ0n) is 35.1. The van der Waals surface area contributed by atoms with Gasteiger partial charge in [-0.05, 0) is 87.7 Å². The van der Waals surface area contributed by atoms with Gasteiger partial charge in [0, 0.05) is 22.9 Å². The number of amides is 1. The molecule has 1 amide bonds. The van der Waals surface area contributed by atoms with Gasteiger partial charge in [0.05, 0.1) is 62.2 Å². The van der Waals surface area contributed by atoms with Crippen molar-refractivity contribution < 1.29 is 32.6 Å². The number of nitrogens with zero attached hydrogens (tertiary/aromatic N) is 3. The Balaban J connectivity index is 1.41. The van der Waals surface area contributed by atoms with Crippen molar-refractivity contribution in [2.75, 3.05) is 27.4 Å². The molecule has 12 heteroatoms. The summed E-state index contributed by atoms with van der Waals surface area (Å²) in [5.74, 6) is 0.962. The zero-order valence-corrected chi connectivity index (χ0v) is 36.1. The summed E-state index contributed by atoms with van der Waals surface area (Å²) in [5, 5.41) is 14.6. The lowest BCUT2D eigenvalue weighted by Gasteiger charge is -2.38. The summed E-state index contributed by atoms with van der Waals surface area (Å²) in [5.41, 5.74) is 2.97. The number of fused-ring (bicyclic) bond motifs is 2. The number of carbonyl (C=O) groups is 1. The Bertz CT molecular complexity index is 2310. The fourth-order valence-electron chi connectivity index (χ4n) is 7.83. The normalized spacial score (nSPS) is 13.9. The summed E-state index contributed by atoms with van der Waals surface area (Å²) in [4.78, 5) is 21.6. The molecule has 11 nitrogen and oxygen atoms in total. The molecule has 0 spiro atoms. The third-order valence-electron chi connectivity index (χ3n) is 10.7. The van der Waals surface area contributed by atoms with Crippen LogP contribution in [0.4, 0.5) is 0 Å². The number of benzene rings is 5. The summed E-state index contributed by atoms with van der Waals surface area (Å²) < 4.78 is 43.9. The van der Waals surface area contributed by atoms with Crippen molar-refractivity contribution in [2.45, 2.75) is 70.5 Å². The number of para-hydroxylation sites is 2. The lowest BCUT2D eigenvalue weighted by Crippen LogP contribution is -2.48. The minimum absolute atomic E-state index is 0.0544. The van der Waals surface area contributed by atoms with Gasteiger partial charge in [0.25, 0.3) is 5.91 Å². The van der Waals surface area contributed by atoms with E-state index in [-0.39, 0.29) is 31.2 Å². The van der Waals surface area contributed by atoms with Crippen LogP contribution in [0.1, 0.15) is 61.7 Å². The van der Waals surface area contributed by atoms with Crippen molar-refractivity contribution in [1.29, 1.82) is 5.26 Å². The van der Waals surface area contributed by atoms with Crippen molar-refractivity contribution in [3.8, 4) is 17.6 Å². The van der Waals surface area contributed by atoms with Gasteiger partial charge in [-0.3, -0.25) is 14.3 Å². The van der Waals surface area contributed by atoms with E-state index in [1.165, 1.54) is 0 Å². The zero-order chi connectivity index (χ0) is 42.8. The number of hydrogen-bond donors (Lipinski definition) is 1. The fraction of sp³-hybridized carbons (Fsp3) is 0.312. The largest absolute Gasteiger partial charge is 0.497 e. The van der Waals surface area contributed by atoms with E-state index in [0.29, 0.717) is 38.9 Å². The number of nitrogens with one attached hydrogen (secondary N) is 1. The molecular weight excluding hydrogens is 776 g/mol. The molecule has 0 fully saturated rings. The molecule has 0 bridgehead atoms. The lowest BCUT2D eigenvalue weighted by atomic mass is 9.80. The van der Waals surface area contributed by atoms with Crippen LogP contribution in [0, 0.1) is 11.3 Å². The Morgan fingerprint density at radius 3 is 1.68 bits per heavy atom. The van der Waals surface area contributed by atoms with Crippen LogP contribution in [0.2, 0.25) is 0 Å². The number of rotatable bonds is 19. The van der Waals surface area contributed by atoms with E-state index < -0.39 is 32.0 Å². The van der Waals surface area contributed by atoms with Crippen LogP contribution in [-0.2, 0) is 24.0 Å². The second kappa shape index (κ2) is 20.1. The number of ether oxygens (including phenoxy) is 3. The smallest absolute Gasteiger partial charge is 0.319 e. The van der Waals surface area contributed by atoms with Crippen molar-refractivity contribution in [3.05, 3.63) is 150 Å². The van der Waals surface area contributed by atoms with Gasteiger partial charge in [-0.25, -0.2) is 4.98 Å². The molecular formula is C48H53N4O7P. The molecule has 60 heavy (non-hydrogen) atoms. The molecule has 0 saturated carbocycles. The number of nitriles is 1. The van der Waals surface area contributed by atoms with Gasteiger partial charge >= 0.3 is 8.25 Å². The summed E-state index contributed by atoms with van der Waals surface area (Å²) in [6, 6.07) is 41.0. The minimum atomic E-state index is -3.19. The predicted octanol–water partition coefficient (Wildman–Crippen LogP) is 9.33. The molecule has 1 N–H and O–H groups in total. The topological polar surface area (TPSA) is 132 Å². The maximum atomic E-state index is 14.8. The molecule has 0 radical (unpaired) electrons. The van der Waals surface area contributed by atoms with E-state index >= 15 is 0 Å². The third kappa shape index (κ3) is 9.71. The van der Waals surface area contributed by atoms with E-state index in [9.17, 15) is 14.6 Å². The van der Waals surface area contributed by atoms with Crippen LogP contribution in [0.5, 0.6) is 11.5 Å². The highest BCUT2D eigenvalue weighted by Crippen LogP contribution is 2.42. The third-order valence-corrected chi connectivity index (χ3v) is 11.7. The molecule has 312 valence electrons. The van der Waals surface area contributed by atoms with Gasteiger partial charge in [0.15, 0.2) is 0 Å². The van der Waals surface area contributed by atoms with Crippen LogP contribution in [0.25, 0.3) is 21.8 Å². The predicted molar refractivity (Wildman–Crippen MR) is 236 cm³/mol. The van der Waals surface area contributed by atoms with E-state index in [4.69, 9.17) is 28.2 Å². The number of carbonyl (C=O) groups excluding carboxylic acids is 1. The van der Waals surface area contributed by atoms with Crippen LogP contribution in [0.15, 0.2) is 127 Å². The average Bonchev–Trinajstić information content (AvgIpc) is 3.26. The van der Waals surface area contributed by atoms with E-state index in [1.807, 2.05) is 160 Å². The second-order valence-electron chi connectivity index (χ2n) is 15.1. The first-order chi connectivity index (χ1) is 29.0. The highest BCUT2D eigenvalue weighted by molar-refractivity contribution is 7.33. The lowest BCUT2D eigenvalue weighted by molar-refractivity contribution is -0.0173. The Hall–Kier alpha value is -5.60. The molecule has 0 aliphatic carbocycles. The first-order valence-electron chi connectivity index (χ1n) is 20.1. The minimum Gasteiger partial charge on any atom is -0.497 e. The van der Waals surface area contributed by atoms with Crippen LogP contribution in [-0.4, -0.2) is 73.5 Å². The van der Waals surface area contributed by atoms with Gasteiger partial charge < -0.3 is 28.6 Å².